The van der Waals surface area contributed by atoms with Gasteiger partial charge < -0.3 is 5.32 Å². The van der Waals surface area contributed by atoms with E-state index < -0.39 is 11.7 Å². The van der Waals surface area contributed by atoms with Crippen LogP contribution >= 0.6 is 11.6 Å². The Hall–Kier alpha value is -1.74. The summed E-state index contributed by atoms with van der Waals surface area (Å²) in [5.41, 5.74) is -0.887. The van der Waals surface area contributed by atoms with Crippen molar-refractivity contribution in [2.24, 2.45) is 0 Å². The number of carbonyl (C=O) groups excluding carboxylic acids is 1. The lowest BCUT2D eigenvalue weighted by atomic mass is 10.2. The molecule has 0 saturated heterocycles. The molecule has 0 saturated carbocycles. The van der Waals surface area contributed by atoms with Crippen LogP contribution in [0, 0.1) is 11.8 Å². The first kappa shape index (κ1) is 15.3. The molecule has 0 aliphatic carbocycles. The van der Waals surface area contributed by atoms with Crippen LogP contribution in [-0.2, 0) is 11.0 Å². The minimum absolute atomic E-state index is 0.0133. The zero-order valence-electron chi connectivity index (χ0n) is 9.94. The summed E-state index contributed by atoms with van der Waals surface area (Å²) in [4.78, 5) is 14.0. The molecule has 0 aliphatic rings. The fourth-order valence-electron chi connectivity index (χ4n) is 1.15. The fourth-order valence-corrected chi connectivity index (χ4v) is 1.30. The Bertz CT molecular complexity index is 532. The van der Waals surface area contributed by atoms with Crippen molar-refractivity contribution in [2.45, 2.75) is 19.5 Å². The monoisotopic (exact) mass is 290 g/mol. The molecule has 7 heteroatoms. The van der Waals surface area contributed by atoms with E-state index in [1.54, 1.807) is 0 Å². The van der Waals surface area contributed by atoms with Gasteiger partial charge in [-0.05, 0) is 6.07 Å². The molecule has 1 amide bonds. The van der Waals surface area contributed by atoms with E-state index in [-0.39, 0.29) is 16.6 Å². The highest BCUT2D eigenvalue weighted by Gasteiger charge is 2.31. The van der Waals surface area contributed by atoms with Crippen LogP contribution in [0.25, 0.3) is 0 Å². The Labute approximate surface area is 113 Å². The topological polar surface area (TPSA) is 42.0 Å². The van der Waals surface area contributed by atoms with E-state index in [0.717, 1.165) is 6.07 Å². The van der Waals surface area contributed by atoms with E-state index in [9.17, 15) is 18.0 Å². The van der Waals surface area contributed by atoms with E-state index >= 15 is 0 Å². The van der Waals surface area contributed by atoms with E-state index in [2.05, 4.69) is 22.1 Å². The molecule has 3 nitrogen and oxygen atoms in total. The van der Waals surface area contributed by atoms with Crippen LogP contribution in [0.4, 0.5) is 13.2 Å². The maximum atomic E-state index is 12.5. The van der Waals surface area contributed by atoms with Gasteiger partial charge in [0.25, 0.3) is 0 Å². The molecule has 0 aliphatic heterocycles. The molecule has 1 heterocycles. The lowest BCUT2D eigenvalue weighted by Crippen LogP contribution is -2.20. The Kier molecular flexibility index (Phi) is 5.19. The normalized spacial score (nSPS) is 10.6. The highest BCUT2D eigenvalue weighted by atomic mass is 35.5. The third kappa shape index (κ3) is 5.18. The largest absolute Gasteiger partial charge is 0.417 e. The summed E-state index contributed by atoms with van der Waals surface area (Å²) in [7, 11) is 0. The van der Waals surface area contributed by atoms with Gasteiger partial charge in [-0.25, -0.2) is 4.98 Å². The van der Waals surface area contributed by atoms with Crippen LogP contribution in [0.3, 0.4) is 0 Å². The molecular formula is C12H10ClF3N2O. The first-order valence-electron chi connectivity index (χ1n) is 5.26. The highest BCUT2D eigenvalue weighted by Crippen LogP contribution is 2.30. The van der Waals surface area contributed by atoms with Crippen LogP contribution in [0.15, 0.2) is 12.3 Å². The molecule has 19 heavy (non-hydrogen) atoms. The summed E-state index contributed by atoms with van der Waals surface area (Å²) in [5, 5.41) is 2.43. The van der Waals surface area contributed by atoms with Crippen LogP contribution in [0.2, 0.25) is 5.15 Å². The predicted molar refractivity (Wildman–Crippen MR) is 64.4 cm³/mol. The number of halogens is 4. The van der Waals surface area contributed by atoms with Gasteiger partial charge in [0.1, 0.15) is 5.15 Å². The second-order valence-electron chi connectivity index (χ2n) is 3.59. The number of carbonyl (C=O) groups is 1. The maximum Gasteiger partial charge on any atom is 0.417 e. The lowest BCUT2D eigenvalue weighted by molar-refractivity contribution is -0.137. The zero-order chi connectivity index (χ0) is 14.5. The molecule has 1 aromatic rings. The average Bonchev–Trinajstić information content (AvgIpc) is 2.29. The molecule has 1 aromatic heterocycles. The molecule has 0 fully saturated rings. The molecule has 102 valence electrons. The van der Waals surface area contributed by atoms with Crippen molar-refractivity contribution in [3.05, 3.63) is 28.5 Å². The van der Waals surface area contributed by atoms with Gasteiger partial charge in [0, 0.05) is 26.1 Å². The molecular weight excluding hydrogens is 281 g/mol. The van der Waals surface area contributed by atoms with Crippen molar-refractivity contribution in [2.75, 3.05) is 6.54 Å². The van der Waals surface area contributed by atoms with Crippen molar-refractivity contribution in [3.63, 3.8) is 0 Å². The number of amides is 1. The number of pyridine rings is 1. The Morgan fingerprint density at radius 3 is 2.79 bits per heavy atom. The fraction of sp³-hybridized carbons (Fsp3) is 0.333. The lowest BCUT2D eigenvalue weighted by Gasteiger charge is -2.06. The number of rotatable bonds is 2. The van der Waals surface area contributed by atoms with Crippen molar-refractivity contribution >= 4 is 17.5 Å². The smallest absolute Gasteiger partial charge is 0.355 e. The minimum Gasteiger partial charge on any atom is -0.355 e. The van der Waals surface area contributed by atoms with Crippen molar-refractivity contribution in [1.29, 1.82) is 0 Å². The quantitative estimate of drug-likeness (QED) is 0.517. The molecule has 0 bridgehead atoms. The van der Waals surface area contributed by atoms with E-state index in [1.165, 1.54) is 6.92 Å². The summed E-state index contributed by atoms with van der Waals surface area (Å²) < 4.78 is 37.4. The molecule has 1 N–H and O–H groups in total. The standard InChI is InChI=1S/C12H10ClF3N2O/c1-8(19)17-5-3-2-4-9-6-10(12(14,15)16)7-18-11(9)13/h6-7H,3,5H2,1H3,(H,17,19). The number of hydrogen-bond acceptors (Lipinski definition) is 2. The van der Waals surface area contributed by atoms with E-state index in [0.29, 0.717) is 19.2 Å². The van der Waals surface area contributed by atoms with E-state index in [1.807, 2.05) is 0 Å². The second kappa shape index (κ2) is 6.43. The minimum atomic E-state index is -4.48. The van der Waals surface area contributed by atoms with Crippen LogP contribution in [-0.4, -0.2) is 17.4 Å². The molecule has 0 unspecified atom stereocenters. The third-order valence-electron chi connectivity index (χ3n) is 2.01. The van der Waals surface area contributed by atoms with Crippen LogP contribution in [0.5, 0.6) is 0 Å². The first-order chi connectivity index (χ1) is 8.80. The van der Waals surface area contributed by atoms with Crippen molar-refractivity contribution in [3.8, 4) is 11.8 Å². The highest BCUT2D eigenvalue weighted by molar-refractivity contribution is 6.30. The summed E-state index contributed by atoms with van der Waals surface area (Å²) in [6.07, 6.45) is -3.51. The summed E-state index contributed by atoms with van der Waals surface area (Å²) in [5.74, 6) is 4.93. The van der Waals surface area contributed by atoms with Crippen molar-refractivity contribution < 1.29 is 18.0 Å². The SMILES string of the molecule is CC(=O)NCCC#Cc1cc(C(F)(F)F)cnc1Cl. The van der Waals surface area contributed by atoms with Gasteiger partial charge in [-0.15, -0.1) is 0 Å². The molecule has 0 radical (unpaired) electrons. The average molecular weight is 291 g/mol. The van der Waals surface area contributed by atoms with Gasteiger partial charge >= 0.3 is 6.18 Å². The van der Waals surface area contributed by atoms with Crippen LogP contribution in [0.1, 0.15) is 24.5 Å². The van der Waals surface area contributed by atoms with Gasteiger partial charge in [-0.2, -0.15) is 13.2 Å². The zero-order valence-corrected chi connectivity index (χ0v) is 10.7. The number of alkyl halides is 3. The summed E-state index contributed by atoms with van der Waals surface area (Å²) in [6.45, 7) is 1.69. The Balaban J connectivity index is 2.78. The van der Waals surface area contributed by atoms with Gasteiger partial charge in [0.05, 0.1) is 11.1 Å². The number of nitrogens with one attached hydrogen (secondary N) is 1. The van der Waals surface area contributed by atoms with Gasteiger partial charge in [0.2, 0.25) is 5.91 Å². The molecule has 1 rings (SSSR count). The van der Waals surface area contributed by atoms with Gasteiger partial charge in [0.15, 0.2) is 0 Å². The second-order valence-corrected chi connectivity index (χ2v) is 3.95. The summed E-state index contributed by atoms with van der Waals surface area (Å²) >= 11 is 5.66. The number of hydrogen-bond donors (Lipinski definition) is 1. The van der Waals surface area contributed by atoms with Crippen molar-refractivity contribution in [1.82, 2.24) is 10.3 Å². The first-order valence-corrected chi connectivity index (χ1v) is 5.64. The molecule has 0 aromatic carbocycles. The predicted octanol–water partition coefficient (Wildman–Crippen LogP) is 2.63. The molecule has 0 spiro atoms. The Morgan fingerprint density at radius 2 is 2.21 bits per heavy atom. The van der Waals surface area contributed by atoms with E-state index in [4.69, 9.17) is 11.6 Å². The third-order valence-corrected chi connectivity index (χ3v) is 2.31. The van der Waals surface area contributed by atoms with Crippen LogP contribution < -0.4 is 5.32 Å². The van der Waals surface area contributed by atoms with Gasteiger partial charge in [-0.1, -0.05) is 23.4 Å². The molecule has 0 atom stereocenters. The van der Waals surface area contributed by atoms with Gasteiger partial charge in [-0.3, -0.25) is 4.79 Å². The maximum absolute atomic E-state index is 12.5. The number of nitrogens with zero attached hydrogens (tertiary/aromatic N) is 1. The Morgan fingerprint density at radius 1 is 1.53 bits per heavy atom. The number of aromatic nitrogens is 1. The summed E-state index contributed by atoms with van der Waals surface area (Å²) in [6, 6.07) is 0.848.